The molecule has 5 heteroatoms. The highest BCUT2D eigenvalue weighted by Crippen LogP contribution is 2.10. The van der Waals surface area contributed by atoms with Crippen LogP contribution in [0.4, 0.5) is 0 Å². The van der Waals surface area contributed by atoms with Crippen molar-refractivity contribution in [1.29, 1.82) is 0 Å². The molecule has 0 aromatic rings. The third-order valence-corrected chi connectivity index (χ3v) is 5.94. The minimum absolute atomic E-state index is 0.258. The van der Waals surface area contributed by atoms with Crippen LogP contribution in [0.3, 0.4) is 0 Å². The van der Waals surface area contributed by atoms with Crippen molar-refractivity contribution in [3.05, 3.63) is 0 Å². The Labute approximate surface area is 112 Å². The highest BCUT2D eigenvalue weighted by Gasteiger charge is 2.17. The molecule has 18 heavy (non-hydrogen) atoms. The second-order valence-electron chi connectivity index (χ2n) is 5.65. The SMILES string of the molecule is CC(C)S(=O)(=O)CCN(C)CCC1CCCCN1. The molecule has 0 aliphatic carbocycles. The van der Waals surface area contributed by atoms with Crippen LogP contribution in [0, 0.1) is 0 Å². The van der Waals surface area contributed by atoms with Crippen LogP contribution in [0.1, 0.15) is 39.5 Å². The molecule has 1 N–H and O–H groups in total. The highest BCUT2D eigenvalue weighted by atomic mass is 32.2. The molecule has 0 spiro atoms. The van der Waals surface area contributed by atoms with E-state index in [0.717, 1.165) is 19.5 Å². The molecule has 1 atom stereocenters. The van der Waals surface area contributed by atoms with Crippen LogP contribution < -0.4 is 5.32 Å². The maximum Gasteiger partial charge on any atom is 0.153 e. The van der Waals surface area contributed by atoms with Gasteiger partial charge in [0, 0.05) is 12.6 Å². The van der Waals surface area contributed by atoms with Crippen molar-refractivity contribution >= 4 is 9.84 Å². The van der Waals surface area contributed by atoms with Crippen LogP contribution in [0.2, 0.25) is 0 Å². The van der Waals surface area contributed by atoms with E-state index in [1.165, 1.54) is 19.3 Å². The van der Waals surface area contributed by atoms with Crippen LogP contribution in [0.25, 0.3) is 0 Å². The Morgan fingerprint density at radius 1 is 1.28 bits per heavy atom. The summed E-state index contributed by atoms with van der Waals surface area (Å²) in [5.41, 5.74) is 0. The highest BCUT2D eigenvalue weighted by molar-refractivity contribution is 7.92. The van der Waals surface area contributed by atoms with Gasteiger partial charge in [0.15, 0.2) is 9.84 Å². The molecule has 1 saturated heterocycles. The first-order valence-electron chi connectivity index (χ1n) is 7.05. The summed E-state index contributed by atoms with van der Waals surface area (Å²) < 4.78 is 23.4. The quantitative estimate of drug-likeness (QED) is 0.761. The Balaban J connectivity index is 2.19. The van der Waals surface area contributed by atoms with Gasteiger partial charge in [-0.25, -0.2) is 8.42 Å². The lowest BCUT2D eigenvalue weighted by Crippen LogP contribution is -2.37. The lowest BCUT2D eigenvalue weighted by atomic mass is 10.0. The van der Waals surface area contributed by atoms with Gasteiger partial charge in [-0.15, -0.1) is 0 Å². The van der Waals surface area contributed by atoms with Gasteiger partial charge < -0.3 is 10.2 Å². The first-order chi connectivity index (χ1) is 8.42. The van der Waals surface area contributed by atoms with E-state index in [2.05, 4.69) is 10.2 Å². The molecule has 1 aliphatic heterocycles. The van der Waals surface area contributed by atoms with Crippen molar-refractivity contribution in [1.82, 2.24) is 10.2 Å². The van der Waals surface area contributed by atoms with Gasteiger partial charge in [0.25, 0.3) is 0 Å². The number of rotatable bonds is 7. The largest absolute Gasteiger partial charge is 0.314 e. The van der Waals surface area contributed by atoms with Gasteiger partial charge in [0.05, 0.1) is 11.0 Å². The normalized spacial score (nSPS) is 21.7. The van der Waals surface area contributed by atoms with Gasteiger partial charge in [-0.3, -0.25) is 0 Å². The summed E-state index contributed by atoms with van der Waals surface area (Å²) in [7, 11) is -0.881. The molecule has 1 rings (SSSR count). The van der Waals surface area contributed by atoms with E-state index in [1.54, 1.807) is 13.8 Å². The number of piperidine rings is 1. The zero-order chi connectivity index (χ0) is 13.6. The first kappa shape index (κ1) is 15.9. The maximum absolute atomic E-state index is 11.7. The van der Waals surface area contributed by atoms with Crippen molar-refractivity contribution in [3.8, 4) is 0 Å². The van der Waals surface area contributed by atoms with Crippen molar-refractivity contribution in [2.24, 2.45) is 0 Å². The molecule has 0 amide bonds. The Morgan fingerprint density at radius 2 is 2.00 bits per heavy atom. The number of nitrogens with zero attached hydrogens (tertiary/aromatic N) is 1. The average molecular weight is 276 g/mol. The Bertz CT molecular complexity index is 322. The van der Waals surface area contributed by atoms with Gasteiger partial charge in [0.2, 0.25) is 0 Å². The third-order valence-electron chi connectivity index (χ3n) is 3.75. The fourth-order valence-corrected chi connectivity index (χ4v) is 3.21. The number of sulfone groups is 1. The monoisotopic (exact) mass is 276 g/mol. The van der Waals surface area contributed by atoms with E-state index >= 15 is 0 Å². The van der Waals surface area contributed by atoms with E-state index < -0.39 is 9.84 Å². The second kappa shape index (κ2) is 7.46. The average Bonchev–Trinajstić information content (AvgIpc) is 2.35. The lowest BCUT2D eigenvalue weighted by molar-refractivity contribution is 0.298. The van der Waals surface area contributed by atoms with Gasteiger partial charge in [-0.05, 0) is 53.2 Å². The second-order valence-corrected chi connectivity index (χ2v) is 8.33. The van der Waals surface area contributed by atoms with Gasteiger partial charge >= 0.3 is 0 Å². The molecule has 0 radical (unpaired) electrons. The van der Waals surface area contributed by atoms with Crippen LogP contribution in [-0.2, 0) is 9.84 Å². The van der Waals surface area contributed by atoms with Crippen molar-refractivity contribution in [3.63, 3.8) is 0 Å². The molecular weight excluding hydrogens is 248 g/mol. The molecule has 0 saturated carbocycles. The minimum Gasteiger partial charge on any atom is -0.314 e. The number of hydrogen-bond donors (Lipinski definition) is 1. The Kier molecular flexibility index (Phi) is 6.60. The zero-order valence-corrected chi connectivity index (χ0v) is 12.8. The summed E-state index contributed by atoms with van der Waals surface area (Å²) in [5.74, 6) is 0.277. The first-order valence-corrected chi connectivity index (χ1v) is 8.77. The predicted octanol–water partition coefficient (Wildman–Crippen LogP) is 1.27. The van der Waals surface area contributed by atoms with E-state index in [-0.39, 0.29) is 11.0 Å². The van der Waals surface area contributed by atoms with E-state index in [9.17, 15) is 8.42 Å². The lowest BCUT2D eigenvalue weighted by Gasteiger charge is -2.26. The molecule has 0 aromatic heterocycles. The smallest absolute Gasteiger partial charge is 0.153 e. The number of nitrogens with one attached hydrogen (secondary N) is 1. The summed E-state index contributed by atoms with van der Waals surface area (Å²) in [6, 6.07) is 0.628. The van der Waals surface area contributed by atoms with Crippen LogP contribution in [0.15, 0.2) is 0 Å². The fourth-order valence-electron chi connectivity index (χ4n) is 2.18. The Morgan fingerprint density at radius 3 is 2.56 bits per heavy atom. The molecular formula is C13H28N2O2S. The fraction of sp³-hybridized carbons (Fsp3) is 1.00. The standard InChI is InChI=1S/C13H28N2O2S/c1-12(2)18(16,17)11-10-15(3)9-7-13-6-4-5-8-14-13/h12-14H,4-11H2,1-3H3. The van der Waals surface area contributed by atoms with E-state index in [1.807, 2.05) is 7.05 Å². The van der Waals surface area contributed by atoms with Gasteiger partial charge in [-0.2, -0.15) is 0 Å². The van der Waals surface area contributed by atoms with Gasteiger partial charge in [-0.1, -0.05) is 6.42 Å². The number of hydrogen-bond acceptors (Lipinski definition) is 4. The summed E-state index contributed by atoms with van der Waals surface area (Å²) in [4.78, 5) is 2.14. The van der Waals surface area contributed by atoms with Crippen LogP contribution in [0.5, 0.6) is 0 Å². The summed E-state index contributed by atoms with van der Waals surface area (Å²) >= 11 is 0. The molecule has 4 nitrogen and oxygen atoms in total. The Hall–Kier alpha value is -0.130. The van der Waals surface area contributed by atoms with Crippen LogP contribution in [-0.4, -0.2) is 57.0 Å². The third kappa shape index (κ3) is 5.67. The van der Waals surface area contributed by atoms with E-state index in [4.69, 9.17) is 0 Å². The topological polar surface area (TPSA) is 49.4 Å². The predicted molar refractivity (Wildman–Crippen MR) is 76.7 cm³/mol. The molecule has 1 fully saturated rings. The summed E-state index contributed by atoms with van der Waals surface area (Å²) in [5, 5.41) is 3.26. The summed E-state index contributed by atoms with van der Waals surface area (Å²) in [6.07, 6.45) is 5.00. The summed E-state index contributed by atoms with van der Waals surface area (Å²) in [6.45, 7) is 6.26. The van der Waals surface area contributed by atoms with Crippen molar-refractivity contribution in [2.75, 3.05) is 32.4 Å². The molecule has 1 aliphatic rings. The van der Waals surface area contributed by atoms with Gasteiger partial charge in [0.1, 0.15) is 0 Å². The molecule has 0 bridgehead atoms. The zero-order valence-electron chi connectivity index (χ0n) is 12.0. The molecule has 0 aromatic carbocycles. The molecule has 1 heterocycles. The molecule has 1 unspecified atom stereocenters. The maximum atomic E-state index is 11.7. The molecule has 108 valence electrons. The minimum atomic E-state index is -2.89. The van der Waals surface area contributed by atoms with Crippen molar-refractivity contribution < 1.29 is 8.42 Å². The van der Waals surface area contributed by atoms with Crippen molar-refractivity contribution in [2.45, 2.75) is 50.8 Å². The van der Waals surface area contributed by atoms with E-state index in [0.29, 0.717) is 12.6 Å². The van der Waals surface area contributed by atoms with Crippen LogP contribution >= 0.6 is 0 Å².